The molecule has 5 nitrogen and oxygen atoms in total. The molecule has 0 amide bonds. The molecule has 0 N–H and O–H groups in total. The van der Waals surface area contributed by atoms with E-state index in [2.05, 4.69) is 121 Å². The number of hydrogen-bond acceptors (Lipinski definition) is 4. The first-order valence-electron chi connectivity index (χ1n) is 18.0. The topological polar surface area (TPSA) is 33.5 Å². The summed E-state index contributed by atoms with van der Waals surface area (Å²) < 4.78 is 26.9. The summed E-state index contributed by atoms with van der Waals surface area (Å²) in [5, 5.41) is 4.95. The number of hydroxylamine groups is 1. The summed E-state index contributed by atoms with van der Waals surface area (Å²) in [7, 11) is 0. The molecule has 0 saturated carbocycles. The van der Waals surface area contributed by atoms with Crippen LogP contribution in [-0.4, -0.2) is 16.5 Å². The maximum absolute atomic E-state index is 8.19. The maximum atomic E-state index is 8.19. The van der Waals surface area contributed by atoms with E-state index < -0.39 is 12.4 Å². The number of fused-ring (bicyclic) bond motifs is 7. The van der Waals surface area contributed by atoms with Crippen molar-refractivity contribution in [2.45, 2.75) is 12.3 Å². The van der Waals surface area contributed by atoms with Crippen molar-refractivity contribution in [3.8, 4) is 16.9 Å². The van der Waals surface area contributed by atoms with Gasteiger partial charge in [0.2, 0.25) is 0 Å². The molecule has 5 heteroatoms. The third kappa shape index (κ3) is 3.88. The average molecular weight is 636 g/mol. The largest absolute Gasteiger partial charge is 0.294 e. The van der Waals surface area contributed by atoms with Crippen LogP contribution >= 0.6 is 0 Å². The zero-order valence-corrected chi connectivity index (χ0v) is 26.7. The molecule has 0 fully saturated rings. The first-order chi connectivity index (χ1) is 25.3. The summed E-state index contributed by atoms with van der Waals surface area (Å²) in [5.74, 6) is 0.871. The first-order valence-corrected chi connectivity index (χ1v) is 16.5. The smallest absolute Gasteiger partial charge is 0.137 e. The highest BCUT2D eigenvalue weighted by Crippen LogP contribution is 2.57. The second kappa shape index (κ2) is 10.4. The van der Waals surface area contributed by atoms with Crippen LogP contribution in [0.4, 0.5) is 17.1 Å². The van der Waals surface area contributed by atoms with Crippen molar-refractivity contribution >= 4 is 38.9 Å². The standard InChI is InChI=1S/C44H32N4O/c1-29-24-25-45-43(26-29)47-39-19-8-5-16-35(39)36-23-22-31(28-42(36)47)44(37-17-6-3-14-33(37)34-15-4-7-18-38(34)44)30-12-11-13-32(27-30)48-41-21-10-9-20-40(41)46(2)49-48/h3-28H,1-2H3/i2D3. The molecule has 0 bridgehead atoms. The van der Waals surface area contributed by atoms with E-state index in [0.29, 0.717) is 11.4 Å². The zero-order chi connectivity index (χ0) is 35.2. The highest BCUT2D eigenvalue weighted by Gasteiger charge is 2.46. The number of aromatic nitrogens is 2. The summed E-state index contributed by atoms with van der Waals surface area (Å²) in [6.07, 6.45) is 1.87. The van der Waals surface area contributed by atoms with E-state index in [4.69, 9.17) is 14.0 Å². The highest BCUT2D eigenvalue weighted by molar-refractivity contribution is 6.09. The summed E-state index contributed by atoms with van der Waals surface area (Å²) in [5.41, 5.74) is 11.3. The molecule has 2 aromatic heterocycles. The van der Waals surface area contributed by atoms with Gasteiger partial charge in [0.05, 0.1) is 33.5 Å². The monoisotopic (exact) mass is 635 g/mol. The van der Waals surface area contributed by atoms with E-state index in [1.165, 1.54) is 27.6 Å². The molecule has 2 aliphatic rings. The van der Waals surface area contributed by atoms with Gasteiger partial charge in [0, 0.05) is 28.1 Å². The molecule has 6 aromatic carbocycles. The summed E-state index contributed by atoms with van der Waals surface area (Å²) in [4.78, 5) is 11.0. The Morgan fingerprint density at radius 2 is 1.31 bits per heavy atom. The minimum absolute atomic E-state index is 0.488. The van der Waals surface area contributed by atoms with Gasteiger partial charge in [-0.1, -0.05) is 103 Å². The molecular weight excluding hydrogens is 601 g/mol. The van der Waals surface area contributed by atoms with Gasteiger partial charge in [0.1, 0.15) is 5.82 Å². The van der Waals surface area contributed by atoms with Crippen molar-refractivity contribution in [1.29, 1.82) is 0 Å². The lowest BCUT2D eigenvalue weighted by Gasteiger charge is -2.34. The first kappa shape index (κ1) is 24.9. The number of para-hydroxylation sites is 3. The molecule has 8 aromatic rings. The van der Waals surface area contributed by atoms with Crippen molar-refractivity contribution in [2.75, 3.05) is 17.1 Å². The van der Waals surface area contributed by atoms with Crippen molar-refractivity contribution < 1.29 is 9.05 Å². The zero-order valence-electron chi connectivity index (χ0n) is 29.7. The summed E-state index contributed by atoms with van der Waals surface area (Å²) >= 11 is 0. The molecule has 0 saturated heterocycles. The highest BCUT2D eigenvalue weighted by atomic mass is 16.8. The minimum atomic E-state index is -2.49. The third-order valence-electron chi connectivity index (χ3n) is 10.2. The Balaban J connectivity index is 1.26. The second-order valence-electron chi connectivity index (χ2n) is 12.8. The number of benzene rings is 6. The van der Waals surface area contributed by atoms with Crippen LogP contribution in [0.5, 0.6) is 0 Å². The fourth-order valence-corrected chi connectivity index (χ4v) is 8.15. The van der Waals surface area contributed by atoms with Gasteiger partial charge in [-0.3, -0.25) is 4.57 Å². The van der Waals surface area contributed by atoms with Gasteiger partial charge in [-0.25, -0.2) is 10.0 Å². The predicted molar refractivity (Wildman–Crippen MR) is 199 cm³/mol. The molecule has 3 heterocycles. The van der Waals surface area contributed by atoms with Gasteiger partial charge < -0.3 is 0 Å². The number of anilines is 3. The lowest BCUT2D eigenvalue weighted by atomic mass is 9.67. The Hall–Kier alpha value is -6.17. The van der Waals surface area contributed by atoms with Crippen LogP contribution < -0.4 is 10.1 Å². The predicted octanol–water partition coefficient (Wildman–Crippen LogP) is 10.3. The van der Waals surface area contributed by atoms with Crippen LogP contribution in [0, 0.1) is 6.92 Å². The molecule has 234 valence electrons. The van der Waals surface area contributed by atoms with Crippen LogP contribution in [0.15, 0.2) is 158 Å². The van der Waals surface area contributed by atoms with Crippen LogP contribution in [0.3, 0.4) is 0 Å². The van der Waals surface area contributed by atoms with E-state index >= 15 is 0 Å². The Labute approximate surface area is 289 Å². The summed E-state index contributed by atoms with van der Waals surface area (Å²) in [6, 6.07) is 52.5. The molecule has 0 radical (unpaired) electrons. The molecule has 1 aliphatic carbocycles. The van der Waals surface area contributed by atoms with Crippen LogP contribution in [0.1, 0.15) is 31.9 Å². The lowest BCUT2D eigenvalue weighted by molar-refractivity contribution is 0.142. The van der Waals surface area contributed by atoms with Gasteiger partial charge in [-0.15, -0.1) is 4.94 Å². The average Bonchev–Trinajstić information content (AvgIpc) is 3.82. The molecular formula is C44H32N4O. The Morgan fingerprint density at radius 3 is 2.10 bits per heavy atom. The van der Waals surface area contributed by atoms with E-state index in [0.717, 1.165) is 49.7 Å². The quantitative estimate of drug-likeness (QED) is 0.193. The third-order valence-corrected chi connectivity index (χ3v) is 10.2. The van der Waals surface area contributed by atoms with Gasteiger partial charge in [0.15, 0.2) is 0 Å². The molecule has 49 heavy (non-hydrogen) atoms. The van der Waals surface area contributed by atoms with E-state index in [9.17, 15) is 0 Å². The Kier molecular flexibility index (Phi) is 5.30. The molecule has 10 rings (SSSR count). The summed E-state index contributed by atoms with van der Waals surface area (Å²) in [6.45, 7) is -0.397. The minimum Gasteiger partial charge on any atom is -0.294 e. The Bertz CT molecular complexity index is 2670. The number of rotatable bonds is 4. The molecule has 0 atom stereocenters. The van der Waals surface area contributed by atoms with E-state index in [1.54, 1.807) is 11.1 Å². The molecule has 1 aliphatic heterocycles. The number of pyridine rings is 1. The second-order valence-corrected chi connectivity index (χ2v) is 12.8. The number of nitrogens with zero attached hydrogens (tertiary/aromatic N) is 4. The van der Waals surface area contributed by atoms with E-state index in [-0.39, 0.29) is 0 Å². The van der Waals surface area contributed by atoms with Crippen LogP contribution in [0.25, 0.3) is 38.8 Å². The van der Waals surface area contributed by atoms with Gasteiger partial charge in [-0.2, -0.15) is 5.06 Å². The fourth-order valence-electron chi connectivity index (χ4n) is 8.15. The van der Waals surface area contributed by atoms with E-state index in [1.807, 2.05) is 42.6 Å². The fraction of sp³-hybridized carbons (Fsp3) is 0.0682. The normalized spacial score (nSPS) is 15.5. The van der Waals surface area contributed by atoms with Gasteiger partial charge >= 0.3 is 0 Å². The maximum Gasteiger partial charge on any atom is 0.137 e. The van der Waals surface area contributed by atoms with Crippen molar-refractivity contribution in [3.05, 3.63) is 186 Å². The van der Waals surface area contributed by atoms with Gasteiger partial charge in [-0.05, 0) is 94.4 Å². The van der Waals surface area contributed by atoms with Crippen LogP contribution in [0.2, 0.25) is 0 Å². The van der Waals surface area contributed by atoms with Crippen molar-refractivity contribution in [2.24, 2.45) is 0 Å². The molecule has 0 spiro atoms. The van der Waals surface area contributed by atoms with Crippen LogP contribution in [-0.2, 0) is 10.4 Å². The number of hydrogen-bond donors (Lipinski definition) is 0. The lowest BCUT2D eigenvalue weighted by Crippen LogP contribution is -2.29. The number of aryl methyl sites for hydroxylation is 1. The SMILES string of the molecule is [2H]C([2H])([2H])N1ON(c2cccc(C3(c4ccc5c6ccccc6n(-c6cc(C)ccn6)c5c4)c4ccccc4-c4ccccc43)c2)c2ccccc21. The Morgan fingerprint density at radius 1 is 0.612 bits per heavy atom. The van der Waals surface area contributed by atoms with Crippen molar-refractivity contribution in [1.82, 2.24) is 9.55 Å². The van der Waals surface area contributed by atoms with Crippen molar-refractivity contribution in [3.63, 3.8) is 0 Å². The molecule has 0 unspecified atom stereocenters. The van der Waals surface area contributed by atoms with Gasteiger partial charge in [0.25, 0.3) is 0 Å².